The van der Waals surface area contributed by atoms with Gasteiger partial charge < -0.3 is 13.9 Å². The Morgan fingerprint density at radius 3 is 2.41 bits per heavy atom. The molecule has 32 heavy (non-hydrogen) atoms. The standard InChI is InChI=1S/C22H19N3O7/c1-14-4-3-5-15(2)21(14)30-13-19(26)24-23-12-16-6-8-17(9-7-16)31-22(27)18-10-11-20(32-18)25(28)29/h3-12H,13H2,1-2H3,(H,24,26). The van der Waals surface area contributed by atoms with E-state index in [0.717, 1.165) is 23.3 Å². The first kappa shape index (κ1) is 22.2. The number of rotatable bonds is 8. The van der Waals surface area contributed by atoms with Crippen LogP contribution in [0.1, 0.15) is 27.2 Å². The highest BCUT2D eigenvalue weighted by Crippen LogP contribution is 2.22. The SMILES string of the molecule is Cc1cccc(C)c1OCC(=O)NN=Cc1ccc(OC(=O)c2ccc([N+](=O)[O-])o2)cc1. The van der Waals surface area contributed by atoms with Crippen molar-refractivity contribution in [3.63, 3.8) is 0 Å². The Balaban J connectivity index is 1.48. The van der Waals surface area contributed by atoms with Crippen LogP contribution in [-0.4, -0.2) is 29.6 Å². The molecule has 0 unspecified atom stereocenters. The number of furan rings is 1. The van der Waals surface area contributed by atoms with Crippen molar-refractivity contribution in [2.75, 3.05) is 6.61 Å². The van der Waals surface area contributed by atoms with Crippen molar-refractivity contribution in [3.05, 3.63) is 87.2 Å². The molecule has 0 atom stereocenters. The molecule has 10 heteroatoms. The van der Waals surface area contributed by atoms with E-state index in [1.807, 2.05) is 32.0 Å². The summed E-state index contributed by atoms with van der Waals surface area (Å²) in [6, 6.07) is 14.2. The maximum Gasteiger partial charge on any atom is 0.433 e. The molecule has 1 heterocycles. The van der Waals surface area contributed by atoms with Crippen LogP contribution in [0.3, 0.4) is 0 Å². The molecule has 0 bridgehead atoms. The van der Waals surface area contributed by atoms with E-state index in [1.165, 1.54) is 18.3 Å². The summed E-state index contributed by atoms with van der Waals surface area (Å²) in [5.41, 5.74) is 4.88. The summed E-state index contributed by atoms with van der Waals surface area (Å²) in [5.74, 6) is -1.24. The highest BCUT2D eigenvalue weighted by atomic mass is 16.7. The minimum Gasteiger partial charge on any atom is -0.483 e. The number of hydrazone groups is 1. The van der Waals surface area contributed by atoms with Gasteiger partial charge >= 0.3 is 11.9 Å². The van der Waals surface area contributed by atoms with Gasteiger partial charge in [0.15, 0.2) is 6.61 Å². The minimum absolute atomic E-state index is 0.178. The second-order valence-electron chi connectivity index (χ2n) is 6.66. The van der Waals surface area contributed by atoms with E-state index in [4.69, 9.17) is 13.9 Å². The predicted molar refractivity (Wildman–Crippen MR) is 114 cm³/mol. The molecular formula is C22H19N3O7. The fraction of sp³-hybridized carbons (Fsp3) is 0.136. The molecule has 0 spiro atoms. The topological polar surface area (TPSA) is 133 Å². The number of benzene rings is 2. The van der Waals surface area contributed by atoms with Gasteiger partial charge in [-0.25, -0.2) is 10.2 Å². The fourth-order valence-electron chi connectivity index (χ4n) is 2.69. The number of carbonyl (C=O) groups is 2. The number of esters is 1. The zero-order valence-corrected chi connectivity index (χ0v) is 17.2. The summed E-state index contributed by atoms with van der Waals surface area (Å²) in [6.45, 7) is 3.62. The Morgan fingerprint density at radius 1 is 1.09 bits per heavy atom. The molecule has 0 fully saturated rings. The quantitative estimate of drug-likeness (QED) is 0.187. The van der Waals surface area contributed by atoms with Crippen LogP contribution in [-0.2, 0) is 4.79 Å². The lowest BCUT2D eigenvalue weighted by Crippen LogP contribution is -2.25. The van der Waals surface area contributed by atoms with E-state index in [1.54, 1.807) is 12.1 Å². The Bertz CT molecular complexity index is 1150. The zero-order valence-electron chi connectivity index (χ0n) is 17.2. The number of nitro groups is 1. The van der Waals surface area contributed by atoms with Crippen molar-refractivity contribution >= 4 is 24.0 Å². The number of nitrogens with zero attached hydrogens (tertiary/aromatic N) is 2. The number of amides is 1. The van der Waals surface area contributed by atoms with Crippen LogP contribution in [0.5, 0.6) is 11.5 Å². The van der Waals surface area contributed by atoms with Gasteiger partial charge in [0.25, 0.3) is 5.91 Å². The summed E-state index contributed by atoms with van der Waals surface area (Å²) in [5, 5.41) is 14.5. The van der Waals surface area contributed by atoms with Crippen LogP contribution < -0.4 is 14.9 Å². The van der Waals surface area contributed by atoms with Gasteiger partial charge in [-0.15, -0.1) is 0 Å². The molecule has 10 nitrogen and oxygen atoms in total. The average Bonchev–Trinajstić information content (AvgIpc) is 3.26. The number of hydrogen-bond donors (Lipinski definition) is 1. The van der Waals surface area contributed by atoms with Crippen molar-refractivity contribution in [3.8, 4) is 11.5 Å². The van der Waals surface area contributed by atoms with Gasteiger partial charge in [-0.3, -0.25) is 14.9 Å². The average molecular weight is 437 g/mol. The molecule has 0 aliphatic rings. The van der Waals surface area contributed by atoms with E-state index < -0.39 is 22.7 Å². The van der Waals surface area contributed by atoms with Crippen molar-refractivity contribution in [2.45, 2.75) is 13.8 Å². The monoisotopic (exact) mass is 437 g/mol. The van der Waals surface area contributed by atoms with Crippen LogP contribution in [0, 0.1) is 24.0 Å². The molecule has 0 saturated carbocycles. The Kier molecular flexibility index (Phi) is 6.96. The number of hydrogen-bond acceptors (Lipinski definition) is 8. The molecule has 2 aromatic carbocycles. The first-order valence-corrected chi connectivity index (χ1v) is 9.41. The van der Waals surface area contributed by atoms with Crippen LogP contribution in [0.25, 0.3) is 0 Å². The fourth-order valence-corrected chi connectivity index (χ4v) is 2.69. The molecule has 164 valence electrons. The minimum atomic E-state index is -0.865. The van der Waals surface area contributed by atoms with Crippen LogP contribution in [0.2, 0.25) is 0 Å². The van der Waals surface area contributed by atoms with Crippen molar-refractivity contribution in [1.29, 1.82) is 0 Å². The molecule has 3 aromatic rings. The van der Waals surface area contributed by atoms with E-state index >= 15 is 0 Å². The summed E-state index contributed by atoms with van der Waals surface area (Å²) >= 11 is 0. The molecule has 0 radical (unpaired) electrons. The molecule has 0 aliphatic carbocycles. The maximum atomic E-state index is 12.0. The summed E-state index contributed by atoms with van der Waals surface area (Å²) in [4.78, 5) is 33.7. The summed E-state index contributed by atoms with van der Waals surface area (Å²) in [6.07, 6.45) is 1.42. The maximum absolute atomic E-state index is 12.0. The number of ether oxygens (including phenoxy) is 2. The number of para-hydroxylation sites is 1. The van der Waals surface area contributed by atoms with Gasteiger partial charge in [-0.2, -0.15) is 5.10 Å². The summed E-state index contributed by atoms with van der Waals surface area (Å²) < 4.78 is 15.4. The third kappa shape index (κ3) is 5.79. The second kappa shape index (κ2) is 10.0. The molecule has 1 aromatic heterocycles. The third-order valence-corrected chi connectivity index (χ3v) is 4.22. The first-order valence-electron chi connectivity index (χ1n) is 9.41. The highest BCUT2D eigenvalue weighted by Gasteiger charge is 2.19. The van der Waals surface area contributed by atoms with Gasteiger partial charge in [0.1, 0.15) is 16.4 Å². The van der Waals surface area contributed by atoms with Crippen LogP contribution in [0.4, 0.5) is 5.88 Å². The zero-order chi connectivity index (χ0) is 23.1. The third-order valence-electron chi connectivity index (χ3n) is 4.22. The van der Waals surface area contributed by atoms with Crippen molar-refractivity contribution in [1.82, 2.24) is 5.43 Å². The van der Waals surface area contributed by atoms with Crippen molar-refractivity contribution in [2.24, 2.45) is 5.10 Å². The molecule has 3 rings (SSSR count). The Hall–Kier alpha value is -4.47. The van der Waals surface area contributed by atoms with Gasteiger partial charge in [-0.1, -0.05) is 18.2 Å². The lowest BCUT2D eigenvalue weighted by molar-refractivity contribution is -0.402. The number of aryl methyl sites for hydroxylation is 2. The lowest BCUT2D eigenvalue weighted by atomic mass is 10.1. The van der Waals surface area contributed by atoms with Gasteiger partial charge in [-0.05, 0) is 60.9 Å². The molecule has 1 amide bonds. The predicted octanol–water partition coefficient (Wildman–Crippen LogP) is 3.55. The number of nitrogens with one attached hydrogen (secondary N) is 1. The van der Waals surface area contributed by atoms with E-state index in [2.05, 4.69) is 10.5 Å². The van der Waals surface area contributed by atoms with Gasteiger partial charge in [0.2, 0.25) is 5.76 Å². The Morgan fingerprint density at radius 2 is 1.78 bits per heavy atom. The second-order valence-corrected chi connectivity index (χ2v) is 6.66. The normalized spacial score (nSPS) is 10.7. The van der Waals surface area contributed by atoms with E-state index in [0.29, 0.717) is 11.3 Å². The Labute approximate surface area is 182 Å². The molecule has 0 aliphatic heterocycles. The van der Waals surface area contributed by atoms with E-state index in [9.17, 15) is 19.7 Å². The van der Waals surface area contributed by atoms with E-state index in [-0.39, 0.29) is 18.1 Å². The smallest absolute Gasteiger partial charge is 0.433 e. The molecule has 1 N–H and O–H groups in total. The van der Waals surface area contributed by atoms with Gasteiger partial charge in [0, 0.05) is 0 Å². The first-order chi connectivity index (χ1) is 15.3. The largest absolute Gasteiger partial charge is 0.483 e. The molecule has 0 saturated heterocycles. The number of carbonyl (C=O) groups excluding carboxylic acids is 2. The van der Waals surface area contributed by atoms with Gasteiger partial charge in [0.05, 0.1) is 12.3 Å². The lowest BCUT2D eigenvalue weighted by Gasteiger charge is -2.10. The van der Waals surface area contributed by atoms with Crippen molar-refractivity contribution < 1.29 is 28.4 Å². The summed E-state index contributed by atoms with van der Waals surface area (Å²) in [7, 11) is 0. The van der Waals surface area contributed by atoms with Crippen LogP contribution >= 0.6 is 0 Å². The molecular weight excluding hydrogens is 418 g/mol. The highest BCUT2D eigenvalue weighted by molar-refractivity contribution is 5.88. The van der Waals surface area contributed by atoms with Crippen LogP contribution in [0.15, 0.2) is 64.1 Å².